The maximum absolute atomic E-state index is 4.32. The van der Waals surface area contributed by atoms with E-state index >= 15 is 0 Å². The van der Waals surface area contributed by atoms with Crippen molar-refractivity contribution < 1.29 is 0 Å². The number of thioether (sulfide) groups is 1. The van der Waals surface area contributed by atoms with Crippen LogP contribution in [0, 0.1) is 6.92 Å². The molecule has 22 heavy (non-hydrogen) atoms. The molecule has 0 aliphatic carbocycles. The van der Waals surface area contributed by atoms with Gasteiger partial charge in [0, 0.05) is 5.75 Å². The fourth-order valence-corrected chi connectivity index (χ4v) is 3.29. The van der Waals surface area contributed by atoms with Gasteiger partial charge in [-0.05, 0) is 24.5 Å². The summed E-state index contributed by atoms with van der Waals surface area (Å²) < 4.78 is 2.19. The SMILES string of the molecule is Cc1nnc(SCCc2ccccc2)n1Cc1ccccc1. The first-order valence-corrected chi connectivity index (χ1v) is 8.42. The van der Waals surface area contributed by atoms with Crippen LogP contribution in [0.3, 0.4) is 0 Å². The zero-order valence-corrected chi connectivity index (χ0v) is 13.5. The van der Waals surface area contributed by atoms with E-state index in [-0.39, 0.29) is 0 Å². The monoisotopic (exact) mass is 309 g/mol. The number of aromatic nitrogens is 3. The summed E-state index contributed by atoms with van der Waals surface area (Å²) in [6.45, 7) is 2.84. The van der Waals surface area contributed by atoms with E-state index < -0.39 is 0 Å². The normalized spacial score (nSPS) is 10.8. The number of rotatable bonds is 6. The van der Waals surface area contributed by atoms with Gasteiger partial charge in [0.15, 0.2) is 5.16 Å². The van der Waals surface area contributed by atoms with Crippen LogP contribution in [0.1, 0.15) is 17.0 Å². The summed E-state index contributed by atoms with van der Waals surface area (Å²) in [5.41, 5.74) is 2.64. The minimum atomic E-state index is 0.827. The van der Waals surface area contributed by atoms with Gasteiger partial charge in [0.25, 0.3) is 0 Å². The first-order valence-electron chi connectivity index (χ1n) is 7.43. The summed E-state index contributed by atoms with van der Waals surface area (Å²) in [7, 11) is 0. The highest BCUT2D eigenvalue weighted by Gasteiger charge is 2.09. The molecule has 1 aromatic heterocycles. The average molecular weight is 309 g/mol. The molecule has 0 bridgehead atoms. The molecule has 0 unspecified atom stereocenters. The smallest absolute Gasteiger partial charge is 0.191 e. The Hall–Kier alpha value is -2.07. The van der Waals surface area contributed by atoms with Crippen LogP contribution in [0.25, 0.3) is 0 Å². The Morgan fingerprint density at radius 3 is 2.18 bits per heavy atom. The molecular weight excluding hydrogens is 290 g/mol. The summed E-state index contributed by atoms with van der Waals surface area (Å²) in [6.07, 6.45) is 1.04. The van der Waals surface area contributed by atoms with Gasteiger partial charge in [0.1, 0.15) is 5.82 Å². The minimum Gasteiger partial charge on any atom is -0.302 e. The Balaban J connectivity index is 1.64. The predicted molar refractivity (Wildman–Crippen MR) is 91.2 cm³/mol. The van der Waals surface area contributed by atoms with Gasteiger partial charge < -0.3 is 4.57 Å². The van der Waals surface area contributed by atoms with Crippen molar-refractivity contribution in [1.82, 2.24) is 14.8 Å². The van der Waals surface area contributed by atoms with E-state index in [9.17, 15) is 0 Å². The van der Waals surface area contributed by atoms with Gasteiger partial charge in [-0.15, -0.1) is 10.2 Å². The first kappa shape index (κ1) is 14.9. The molecule has 2 aromatic carbocycles. The molecular formula is C18H19N3S. The zero-order chi connectivity index (χ0) is 15.2. The molecule has 3 aromatic rings. The first-order chi connectivity index (χ1) is 10.8. The Bertz CT molecular complexity index is 708. The molecule has 3 nitrogen and oxygen atoms in total. The van der Waals surface area contributed by atoms with Crippen molar-refractivity contribution in [3.05, 3.63) is 77.6 Å². The Kier molecular flexibility index (Phi) is 4.91. The van der Waals surface area contributed by atoms with Gasteiger partial charge in [-0.1, -0.05) is 72.4 Å². The van der Waals surface area contributed by atoms with Gasteiger partial charge in [-0.25, -0.2) is 0 Å². The fourth-order valence-electron chi connectivity index (χ4n) is 2.32. The summed E-state index contributed by atoms with van der Waals surface area (Å²) >= 11 is 1.77. The molecule has 1 heterocycles. The maximum atomic E-state index is 4.32. The van der Waals surface area contributed by atoms with Crippen LogP contribution < -0.4 is 0 Å². The van der Waals surface area contributed by atoms with Crippen LogP contribution in [0.2, 0.25) is 0 Å². The van der Waals surface area contributed by atoms with Gasteiger partial charge in [-0.3, -0.25) is 0 Å². The molecule has 0 amide bonds. The predicted octanol–water partition coefficient (Wildman–Crippen LogP) is 3.97. The third-order valence-corrected chi connectivity index (χ3v) is 4.52. The minimum absolute atomic E-state index is 0.827. The molecule has 0 aliphatic heterocycles. The van der Waals surface area contributed by atoms with E-state index in [1.54, 1.807) is 11.8 Å². The largest absolute Gasteiger partial charge is 0.302 e. The van der Waals surface area contributed by atoms with Crippen molar-refractivity contribution in [3.8, 4) is 0 Å². The van der Waals surface area contributed by atoms with Gasteiger partial charge in [0.05, 0.1) is 6.54 Å². The number of aryl methyl sites for hydroxylation is 2. The van der Waals surface area contributed by atoms with Crippen molar-refractivity contribution in [2.75, 3.05) is 5.75 Å². The highest BCUT2D eigenvalue weighted by atomic mass is 32.2. The highest BCUT2D eigenvalue weighted by molar-refractivity contribution is 7.99. The van der Waals surface area contributed by atoms with Crippen molar-refractivity contribution >= 4 is 11.8 Å². The van der Waals surface area contributed by atoms with Crippen LogP contribution in [-0.2, 0) is 13.0 Å². The zero-order valence-electron chi connectivity index (χ0n) is 12.6. The van der Waals surface area contributed by atoms with Crippen molar-refractivity contribution in [2.24, 2.45) is 0 Å². The summed E-state index contributed by atoms with van der Waals surface area (Å²) in [5, 5.41) is 9.55. The second-order valence-corrected chi connectivity index (χ2v) is 6.25. The molecule has 0 aliphatic rings. The molecule has 4 heteroatoms. The van der Waals surface area contributed by atoms with Gasteiger partial charge in [-0.2, -0.15) is 0 Å². The van der Waals surface area contributed by atoms with Crippen LogP contribution in [-0.4, -0.2) is 20.5 Å². The van der Waals surface area contributed by atoms with E-state index in [0.717, 1.165) is 29.7 Å². The Morgan fingerprint density at radius 2 is 1.50 bits per heavy atom. The van der Waals surface area contributed by atoms with Crippen LogP contribution in [0.15, 0.2) is 65.8 Å². The standard InChI is InChI=1S/C18H19N3S/c1-15-19-20-18(21(15)14-17-10-6-3-7-11-17)22-13-12-16-8-4-2-5-9-16/h2-11H,12-14H2,1H3. The molecule has 0 atom stereocenters. The third kappa shape index (κ3) is 3.77. The molecule has 3 rings (SSSR count). The lowest BCUT2D eigenvalue weighted by atomic mass is 10.2. The Labute approximate surface area is 135 Å². The third-order valence-electron chi connectivity index (χ3n) is 3.55. The number of benzene rings is 2. The number of hydrogen-bond acceptors (Lipinski definition) is 3. The highest BCUT2D eigenvalue weighted by Crippen LogP contribution is 2.19. The molecule has 0 radical (unpaired) electrons. The maximum Gasteiger partial charge on any atom is 0.191 e. The second-order valence-electron chi connectivity index (χ2n) is 5.19. The van der Waals surface area contributed by atoms with Crippen molar-refractivity contribution in [2.45, 2.75) is 25.0 Å². The van der Waals surface area contributed by atoms with E-state index in [1.807, 2.05) is 13.0 Å². The molecule has 0 saturated carbocycles. The average Bonchev–Trinajstić information content (AvgIpc) is 2.90. The van der Waals surface area contributed by atoms with Crippen LogP contribution in [0.5, 0.6) is 0 Å². The van der Waals surface area contributed by atoms with E-state index in [4.69, 9.17) is 0 Å². The van der Waals surface area contributed by atoms with E-state index in [2.05, 4.69) is 69.4 Å². The van der Waals surface area contributed by atoms with Crippen molar-refractivity contribution in [3.63, 3.8) is 0 Å². The summed E-state index contributed by atoms with van der Waals surface area (Å²) in [4.78, 5) is 0. The molecule has 0 N–H and O–H groups in total. The lowest BCUT2D eigenvalue weighted by molar-refractivity contribution is 0.688. The number of nitrogens with zero attached hydrogens (tertiary/aromatic N) is 3. The lowest BCUT2D eigenvalue weighted by Gasteiger charge is -2.08. The van der Waals surface area contributed by atoms with Gasteiger partial charge in [0.2, 0.25) is 0 Å². The second kappa shape index (κ2) is 7.27. The van der Waals surface area contributed by atoms with Crippen LogP contribution >= 0.6 is 11.8 Å². The molecule has 0 spiro atoms. The fraction of sp³-hybridized carbons (Fsp3) is 0.222. The topological polar surface area (TPSA) is 30.7 Å². The lowest BCUT2D eigenvalue weighted by Crippen LogP contribution is -2.04. The molecule has 112 valence electrons. The molecule has 0 saturated heterocycles. The Morgan fingerprint density at radius 1 is 0.864 bits per heavy atom. The summed E-state index contributed by atoms with van der Waals surface area (Å²) in [5.74, 6) is 1.97. The van der Waals surface area contributed by atoms with Crippen molar-refractivity contribution in [1.29, 1.82) is 0 Å². The van der Waals surface area contributed by atoms with Crippen LogP contribution in [0.4, 0.5) is 0 Å². The summed E-state index contributed by atoms with van der Waals surface area (Å²) in [6, 6.07) is 21.0. The van der Waals surface area contributed by atoms with E-state index in [0.29, 0.717) is 0 Å². The number of hydrogen-bond donors (Lipinski definition) is 0. The quantitative estimate of drug-likeness (QED) is 0.646. The van der Waals surface area contributed by atoms with Gasteiger partial charge >= 0.3 is 0 Å². The molecule has 0 fully saturated rings. The van der Waals surface area contributed by atoms with E-state index in [1.165, 1.54) is 11.1 Å².